The summed E-state index contributed by atoms with van der Waals surface area (Å²) in [4.78, 5) is 25.4. The predicted octanol–water partition coefficient (Wildman–Crippen LogP) is 3.65. The molecule has 2 aromatic heterocycles. The summed E-state index contributed by atoms with van der Waals surface area (Å²) in [6, 6.07) is 7.92. The zero-order valence-corrected chi connectivity index (χ0v) is 18.7. The molecule has 1 aliphatic rings. The molecule has 8 heteroatoms. The Labute approximate surface area is 186 Å². The van der Waals surface area contributed by atoms with Gasteiger partial charge in [0.1, 0.15) is 22.7 Å². The van der Waals surface area contributed by atoms with E-state index in [0.29, 0.717) is 18.0 Å². The van der Waals surface area contributed by atoms with Crippen LogP contribution >= 0.6 is 11.3 Å². The third-order valence-corrected chi connectivity index (χ3v) is 7.05. The number of aliphatic hydroxyl groups excluding tert-OH is 1. The Morgan fingerprint density at radius 1 is 1.35 bits per heavy atom. The van der Waals surface area contributed by atoms with Gasteiger partial charge in [-0.25, -0.2) is 9.97 Å². The normalized spacial score (nSPS) is 16.5. The largest absolute Gasteiger partial charge is 0.497 e. The number of fused-ring (bicyclic) bond motifs is 1. The molecule has 0 aliphatic carbocycles. The van der Waals surface area contributed by atoms with E-state index in [9.17, 15) is 9.90 Å². The molecule has 4 rings (SSSR count). The molecule has 0 bridgehead atoms. The fourth-order valence-electron chi connectivity index (χ4n) is 4.15. The van der Waals surface area contributed by atoms with Crippen LogP contribution in [0.25, 0.3) is 10.2 Å². The van der Waals surface area contributed by atoms with Crippen LogP contribution in [0.2, 0.25) is 0 Å². The van der Waals surface area contributed by atoms with E-state index in [0.717, 1.165) is 53.0 Å². The quantitative estimate of drug-likeness (QED) is 0.583. The van der Waals surface area contributed by atoms with Crippen molar-refractivity contribution < 1.29 is 14.6 Å². The van der Waals surface area contributed by atoms with Gasteiger partial charge in [-0.2, -0.15) is 0 Å². The first-order chi connectivity index (χ1) is 15.1. The summed E-state index contributed by atoms with van der Waals surface area (Å²) in [5.41, 5.74) is 2.08. The molecule has 2 N–H and O–H groups in total. The molecule has 1 saturated heterocycles. The van der Waals surface area contributed by atoms with Gasteiger partial charge in [0.25, 0.3) is 5.91 Å². The number of ether oxygens (including phenoxy) is 1. The molecule has 1 atom stereocenters. The van der Waals surface area contributed by atoms with E-state index >= 15 is 0 Å². The van der Waals surface area contributed by atoms with Gasteiger partial charge in [-0.05, 0) is 55.9 Å². The third-order valence-electron chi connectivity index (χ3n) is 5.86. The van der Waals surface area contributed by atoms with Crippen LogP contribution < -0.4 is 10.1 Å². The number of anilines is 1. The van der Waals surface area contributed by atoms with Crippen molar-refractivity contribution in [3.63, 3.8) is 0 Å². The second kappa shape index (κ2) is 9.62. The van der Waals surface area contributed by atoms with Gasteiger partial charge in [0.05, 0.1) is 30.0 Å². The van der Waals surface area contributed by atoms with Crippen molar-refractivity contribution in [2.75, 3.05) is 32.1 Å². The lowest BCUT2D eigenvalue weighted by molar-refractivity contribution is 0.0507. The first-order valence-electron chi connectivity index (χ1n) is 10.6. The molecular formula is C23H28N4O3S. The van der Waals surface area contributed by atoms with Gasteiger partial charge in [0.15, 0.2) is 0 Å². The molecule has 31 heavy (non-hydrogen) atoms. The summed E-state index contributed by atoms with van der Waals surface area (Å²) in [6.07, 6.45) is 5.24. The number of aromatic nitrogens is 2. The van der Waals surface area contributed by atoms with Crippen molar-refractivity contribution in [2.45, 2.75) is 38.6 Å². The average Bonchev–Trinajstić information content (AvgIpc) is 3.16. The molecule has 7 nitrogen and oxygen atoms in total. The number of amides is 1. The molecule has 0 saturated carbocycles. The zero-order chi connectivity index (χ0) is 21.8. The zero-order valence-electron chi connectivity index (χ0n) is 17.9. The van der Waals surface area contributed by atoms with Crippen LogP contribution in [0.15, 0.2) is 30.6 Å². The number of likely N-dealkylation sites (tertiary alicyclic amines) is 1. The fraction of sp³-hybridized carbons (Fsp3) is 0.435. The maximum atomic E-state index is 13.3. The van der Waals surface area contributed by atoms with E-state index in [1.54, 1.807) is 7.11 Å². The molecule has 3 aromatic rings. The third kappa shape index (κ3) is 4.50. The fourth-order valence-corrected chi connectivity index (χ4v) is 5.26. The minimum absolute atomic E-state index is 0.00651. The van der Waals surface area contributed by atoms with Crippen LogP contribution in [-0.4, -0.2) is 58.7 Å². The van der Waals surface area contributed by atoms with Crippen LogP contribution in [0.1, 0.15) is 40.1 Å². The number of aryl methyl sites for hydroxylation is 1. The maximum Gasteiger partial charge on any atom is 0.264 e. The molecule has 0 spiro atoms. The van der Waals surface area contributed by atoms with Gasteiger partial charge in [0.2, 0.25) is 0 Å². The summed E-state index contributed by atoms with van der Waals surface area (Å²) >= 11 is 1.41. The van der Waals surface area contributed by atoms with Crippen molar-refractivity contribution in [3.8, 4) is 5.75 Å². The molecule has 3 heterocycles. The van der Waals surface area contributed by atoms with Gasteiger partial charge < -0.3 is 20.1 Å². The number of hydrogen-bond acceptors (Lipinski definition) is 7. The Balaban J connectivity index is 1.54. The topological polar surface area (TPSA) is 87.6 Å². The first-order valence-corrected chi connectivity index (χ1v) is 11.5. The highest BCUT2D eigenvalue weighted by atomic mass is 32.1. The Bertz CT molecular complexity index is 1070. The van der Waals surface area contributed by atoms with Crippen molar-refractivity contribution in [1.29, 1.82) is 0 Å². The first kappa shape index (κ1) is 21.5. The number of benzene rings is 1. The maximum absolute atomic E-state index is 13.3. The smallest absolute Gasteiger partial charge is 0.264 e. The van der Waals surface area contributed by atoms with Crippen molar-refractivity contribution in [3.05, 3.63) is 46.6 Å². The van der Waals surface area contributed by atoms with Gasteiger partial charge in [0, 0.05) is 13.1 Å². The monoisotopic (exact) mass is 440 g/mol. The highest BCUT2D eigenvalue weighted by Crippen LogP contribution is 2.35. The molecular weight excluding hydrogens is 412 g/mol. The Hall–Kier alpha value is -2.71. The van der Waals surface area contributed by atoms with Crippen LogP contribution in [0.5, 0.6) is 5.75 Å². The van der Waals surface area contributed by atoms with Crippen LogP contribution in [0.3, 0.4) is 0 Å². The average molecular weight is 441 g/mol. The Morgan fingerprint density at radius 3 is 3.03 bits per heavy atom. The van der Waals surface area contributed by atoms with Crippen molar-refractivity contribution >= 4 is 33.3 Å². The highest BCUT2D eigenvalue weighted by Gasteiger charge is 2.30. The van der Waals surface area contributed by atoms with Crippen LogP contribution in [-0.2, 0) is 6.42 Å². The van der Waals surface area contributed by atoms with Gasteiger partial charge >= 0.3 is 0 Å². The SMILES string of the molecule is COc1cccc(CCNc2ncnc3sc(C(=O)N4CCCC[C@@H]4CO)c(C)c23)c1. The molecule has 164 valence electrons. The summed E-state index contributed by atoms with van der Waals surface area (Å²) in [7, 11) is 1.67. The van der Waals surface area contributed by atoms with Gasteiger partial charge in [-0.15, -0.1) is 11.3 Å². The second-order valence-electron chi connectivity index (χ2n) is 7.82. The number of nitrogens with zero attached hydrogens (tertiary/aromatic N) is 3. The van der Waals surface area contributed by atoms with Crippen LogP contribution in [0, 0.1) is 6.92 Å². The predicted molar refractivity (Wildman–Crippen MR) is 123 cm³/mol. The van der Waals surface area contributed by atoms with E-state index in [1.165, 1.54) is 23.2 Å². The number of nitrogens with one attached hydrogen (secondary N) is 1. The van der Waals surface area contributed by atoms with E-state index < -0.39 is 0 Å². The lowest BCUT2D eigenvalue weighted by Gasteiger charge is -2.34. The molecule has 0 radical (unpaired) electrons. The number of thiophene rings is 1. The van der Waals surface area contributed by atoms with Gasteiger partial charge in [-0.3, -0.25) is 4.79 Å². The minimum atomic E-state index is -0.0996. The Morgan fingerprint density at radius 2 is 2.23 bits per heavy atom. The van der Waals surface area contributed by atoms with Crippen molar-refractivity contribution in [1.82, 2.24) is 14.9 Å². The Kier molecular flexibility index (Phi) is 6.67. The van der Waals surface area contributed by atoms with E-state index in [1.807, 2.05) is 30.0 Å². The number of carbonyl (C=O) groups excluding carboxylic acids is 1. The summed E-state index contributed by atoms with van der Waals surface area (Å²) in [6.45, 7) is 3.36. The van der Waals surface area contributed by atoms with Crippen LogP contribution in [0.4, 0.5) is 5.82 Å². The minimum Gasteiger partial charge on any atom is -0.497 e. The summed E-state index contributed by atoms with van der Waals surface area (Å²) in [5.74, 6) is 1.58. The lowest BCUT2D eigenvalue weighted by Crippen LogP contribution is -2.45. The molecule has 0 unspecified atom stereocenters. The number of hydrogen-bond donors (Lipinski definition) is 2. The summed E-state index contributed by atoms with van der Waals surface area (Å²) < 4.78 is 5.29. The molecule has 1 aliphatic heterocycles. The summed E-state index contributed by atoms with van der Waals surface area (Å²) in [5, 5.41) is 14.0. The van der Waals surface area contributed by atoms with E-state index in [2.05, 4.69) is 21.4 Å². The standard InChI is InChI=1S/C23H28N4O3S/c1-15-19-21(24-10-9-16-6-5-8-18(12-16)30-2)25-14-26-22(19)31-20(15)23(29)27-11-4-3-7-17(27)13-28/h5-6,8,12,14,17,28H,3-4,7,9-11,13H2,1-2H3,(H,24,25,26)/t17-/m1/s1. The number of rotatable bonds is 7. The number of methoxy groups -OCH3 is 1. The lowest BCUT2D eigenvalue weighted by atomic mass is 10.0. The van der Waals surface area contributed by atoms with Crippen molar-refractivity contribution in [2.24, 2.45) is 0 Å². The van der Waals surface area contributed by atoms with E-state index in [-0.39, 0.29) is 18.6 Å². The van der Waals surface area contributed by atoms with Gasteiger partial charge in [-0.1, -0.05) is 12.1 Å². The van der Waals surface area contributed by atoms with E-state index in [4.69, 9.17) is 4.74 Å². The number of piperidine rings is 1. The second-order valence-corrected chi connectivity index (χ2v) is 8.82. The number of carbonyl (C=O) groups is 1. The molecule has 1 fully saturated rings. The highest BCUT2D eigenvalue weighted by molar-refractivity contribution is 7.20. The number of aliphatic hydroxyl groups is 1. The molecule has 1 amide bonds. The molecule has 1 aromatic carbocycles.